The number of fused-ring (bicyclic) bond motifs is 2. The van der Waals surface area contributed by atoms with E-state index in [0.717, 1.165) is 6.54 Å². The summed E-state index contributed by atoms with van der Waals surface area (Å²) in [6.07, 6.45) is 0.877. The summed E-state index contributed by atoms with van der Waals surface area (Å²) in [5, 5.41) is 26.8. The van der Waals surface area contributed by atoms with Gasteiger partial charge in [-0.2, -0.15) is 9.98 Å². The largest absolute Gasteiger partial charge is 0.394 e. The van der Waals surface area contributed by atoms with Gasteiger partial charge >= 0.3 is 0 Å². The first-order chi connectivity index (χ1) is 18.2. The third-order valence-electron chi connectivity index (χ3n) is 7.18. The normalized spacial score (nSPS) is 23.5. The molecule has 3 aromatic heterocycles. The number of hydrogen-bond acceptors (Lipinski definition) is 11. The van der Waals surface area contributed by atoms with Crippen molar-refractivity contribution in [2.24, 2.45) is 0 Å². The maximum Gasteiger partial charge on any atom is 0.291 e. The van der Waals surface area contributed by atoms with Gasteiger partial charge in [-0.3, -0.25) is 9.30 Å². The lowest BCUT2D eigenvalue weighted by Crippen LogP contribution is -2.63. The van der Waals surface area contributed by atoms with E-state index in [1.807, 2.05) is 11.0 Å². The van der Waals surface area contributed by atoms with E-state index in [-0.39, 0.29) is 34.4 Å². The summed E-state index contributed by atoms with van der Waals surface area (Å²) in [4.78, 5) is 8.45. The number of pyridine rings is 1. The van der Waals surface area contributed by atoms with Crippen LogP contribution in [0.1, 0.15) is 24.3 Å². The van der Waals surface area contributed by atoms with E-state index in [1.54, 1.807) is 0 Å². The molecule has 38 heavy (non-hydrogen) atoms. The van der Waals surface area contributed by atoms with Gasteiger partial charge in [0, 0.05) is 25.8 Å². The molecule has 0 amide bonds. The van der Waals surface area contributed by atoms with E-state index in [1.165, 1.54) is 22.9 Å². The molecule has 0 aromatic carbocycles. The first-order valence-electron chi connectivity index (χ1n) is 12.0. The number of piperazine rings is 1. The third-order valence-corrected chi connectivity index (χ3v) is 9.61. The Morgan fingerprint density at radius 3 is 2.84 bits per heavy atom. The summed E-state index contributed by atoms with van der Waals surface area (Å²) >= 11 is 0.671. The Hall–Kier alpha value is -2.81. The molecule has 2 N–H and O–H groups in total. The molecule has 3 aliphatic rings. The summed E-state index contributed by atoms with van der Waals surface area (Å²) in [7, 11) is -4.15. The van der Waals surface area contributed by atoms with Crippen LogP contribution in [0.3, 0.4) is 0 Å². The van der Waals surface area contributed by atoms with Crippen LogP contribution in [-0.4, -0.2) is 95.1 Å². The molecule has 202 valence electrons. The van der Waals surface area contributed by atoms with Crippen molar-refractivity contribution >= 4 is 32.6 Å². The molecule has 0 radical (unpaired) electrons. The van der Waals surface area contributed by atoms with Gasteiger partial charge in [0.1, 0.15) is 10.4 Å². The van der Waals surface area contributed by atoms with Gasteiger partial charge in [-0.1, -0.05) is 11.3 Å². The molecule has 16 heteroatoms. The van der Waals surface area contributed by atoms with Crippen molar-refractivity contribution in [1.29, 1.82) is 5.26 Å². The highest BCUT2D eigenvalue weighted by Gasteiger charge is 2.47. The topological polar surface area (TPSA) is 149 Å². The first kappa shape index (κ1) is 25.5. The fourth-order valence-electron chi connectivity index (χ4n) is 4.97. The average Bonchev–Trinajstić information content (AvgIpc) is 3.29. The highest BCUT2D eigenvalue weighted by molar-refractivity contribution is 7.89. The van der Waals surface area contributed by atoms with Crippen LogP contribution in [0.5, 0.6) is 0 Å². The van der Waals surface area contributed by atoms with E-state index < -0.39 is 27.0 Å². The molecule has 1 saturated carbocycles. The van der Waals surface area contributed by atoms with Crippen molar-refractivity contribution in [2.45, 2.75) is 41.8 Å². The number of aliphatic hydroxyl groups excluding tert-OH is 1. The number of alkyl halides is 2. The zero-order chi connectivity index (χ0) is 26.7. The Morgan fingerprint density at radius 1 is 1.34 bits per heavy atom. The second-order valence-corrected chi connectivity index (χ2v) is 12.3. The average molecular weight is 567 g/mol. The Morgan fingerprint density at radius 2 is 2.16 bits per heavy atom. The lowest BCUT2D eigenvalue weighted by molar-refractivity contribution is -0.0230. The number of rotatable bonds is 7. The molecule has 6 rings (SSSR count). The molecule has 0 spiro atoms. The number of aromatic nitrogens is 4. The van der Waals surface area contributed by atoms with Crippen molar-refractivity contribution in [2.75, 3.05) is 44.4 Å². The van der Waals surface area contributed by atoms with E-state index in [2.05, 4.69) is 24.8 Å². The molecular weight excluding hydrogens is 542 g/mol. The molecule has 0 unspecified atom stereocenters. The van der Waals surface area contributed by atoms with E-state index in [9.17, 15) is 27.6 Å². The predicted octanol–water partition coefficient (Wildman–Crippen LogP) is 1.01. The molecule has 3 aromatic rings. The number of anilines is 1. The summed E-state index contributed by atoms with van der Waals surface area (Å²) in [5.74, 6) is 0.157. The van der Waals surface area contributed by atoms with Crippen LogP contribution in [0.4, 0.5) is 14.5 Å². The second-order valence-electron chi connectivity index (χ2n) is 9.66. The fraction of sp³-hybridized carbons (Fsp3) is 0.545. The number of nitriles is 1. The SMILES string of the molecule is N#CC1(NS(=O)(=O)c2cc(N3C[C@@H]4COCCN4C[C@@H]3CO)c3cnc(-c4nnc(C(F)F)s4)n3c2)CC1. The number of nitrogens with one attached hydrogen (secondary N) is 1. The fourth-order valence-corrected chi connectivity index (χ4v) is 7.06. The third kappa shape index (κ3) is 4.42. The van der Waals surface area contributed by atoms with Gasteiger partial charge in [0.2, 0.25) is 10.0 Å². The molecule has 5 heterocycles. The van der Waals surface area contributed by atoms with Gasteiger partial charge in [0.15, 0.2) is 15.8 Å². The van der Waals surface area contributed by atoms with E-state index >= 15 is 0 Å². The number of nitrogens with zero attached hydrogens (tertiary/aromatic N) is 7. The molecular formula is C22H24F2N8O4S2. The van der Waals surface area contributed by atoms with Crippen LogP contribution in [-0.2, 0) is 14.8 Å². The Bertz CT molecular complexity index is 1520. The molecule has 12 nitrogen and oxygen atoms in total. The molecule has 2 aliphatic heterocycles. The Kier molecular flexibility index (Phi) is 6.32. The highest BCUT2D eigenvalue weighted by Crippen LogP contribution is 2.38. The van der Waals surface area contributed by atoms with Crippen LogP contribution in [0.15, 0.2) is 23.4 Å². The van der Waals surface area contributed by atoms with Crippen LogP contribution in [0.2, 0.25) is 0 Å². The van der Waals surface area contributed by atoms with Crippen molar-refractivity contribution in [3.8, 4) is 16.9 Å². The summed E-state index contributed by atoms with van der Waals surface area (Å²) < 4.78 is 63.0. The Labute approximate surface area is 220 Å². The molecule has 0 bridgehead atoms. The minimum absolute atomic E-state index is 0.0393. The highest BCUT2D eigenvalue weighted by atomic mass is 32.2. The smallest absolute Gasteiger partial charge is 0.291 e. The van der Waals surface area contributed by atoms with Gasteiger partial charge in [-0.25, -0.2) is 22.2 Å². The standard InChI is InChI=1S/C22H24F2N8O4S2/c23-18(24)20-27-28-21(37-20)19-26-6-17-16(31-8-14-11-36-4-3-30(14)7-13(31)10-33)5-15(9-32(17)19)38(34,35)29-22(12-25)1-2-22/h5-6,9,13-14,18,29,33H,1-4,7-8,10-11H2/t13-,14-/m1/s1. The Balaban J connectivity index is 1.50. The number of sulfonamides is 1. The van der Waals surface area contributed by atoms with Crippen molar-refractivity contribution in [1.82, 2.24) is 29.2 Å². The van der Waals surface area contributed by atoms with Gasteiger partial charge in [0.05, 0.1) is 55.4 Å². The zero-order valence-electron chi connectivity index (χ0n) is 20.0. The summed E-state index contributed by atoms with van der Waals surface area (Å²) in [6.45, 7) is 2.69. The van der Waals surface area contributed by atoms with Crippen molar-refractivity contribution < 1.29 is 27.0 Å². The van der Waals surface area contributed by atoms with Crippen molar-refractivity contribution in [3.05, 3.63) is 23.5 Å². The molecule has 2 saturated heterocycles. The van der Waals surface area contributed by atoms with Crippen molar-refractivity contribution in [3.63, 3.8) is 0 Å². The number of morpholine rings is 1. The maximum absolute atomic E-state index is 13.5. The van der Waals surface area contributed by atoms with Crippen LogP contribution < -0.4 is 9.62 Å². The number of halogens is 2. The quantitative estimate of drug-likeness (QED) is 0.424. The van der Waals surface area contributed by atoms with Crippen LogP contribution >= 0.6 is 11.3 Å². The van der Waals surface area contributed by atoms with Gasteiger partial charge in [-0.05, 0) is 18.9 Å². The van der Waals surface area contributed by atoms with Gasteiger partial charge in [0.25, 0.3) is 6.43 Å². The molecule has 1 aliphatic carbocycles. The maximum atomic E-state index is 13.5. The first-order valence-corrected chi connectivity index (χ1v) is 14.3. The second kappa shape index (κ2) is 9.43. The molecule has 2 atom stereocenters. The van der Waals surface area contributed by atoms with E-state index in [4.69, 9.17) is 4.74 Å². The number of ether oxygens (including phenoxy) is 1. The van der Waals surface area contributed by atoms with Gasteiger partial charge < -0.3 is 14.7 Å². The minimum Gasteiger partial charge on any atom is -0.394 e. The number of imidazole rings is 1. The lowest BCUT2D eigenvalue weighted by atomic mass is 10.0. The summed E-state index contributed by atoms with van der Waals surface area (Å²) in [6, 6.07) is 3.23. The lowest BCUT2D eigenvalue weighted by Gasteiger charge is -2.48. The minimum atomic E-state index is -4.15. The monoisotopic (exact) mass is 566 g/mol. The predicted molar refractivity (Wildman–Crippen MR) is 131 cm³/mol. The van der Waals surface area contributed by atoms with E-state index in [0.29, 0.717) is 61.7 Å². The number of aliphatic hydroxyl groups is 1. The summed E-state index contributed by atoms with van der Waals surface area (Å²) in [5.41, 5.74) is -0.135. The zero-order valence-corrected chi connectivity index (χ0v) is 21.6. The molecule has 3 fully saturated rings. The number of hydrogen-bond donors (Lipinski definition) is 2. The van der Waals surface area contributed by atoms with Crippen LogP contribution in [0.25, 0.3) is 16.3 Å². The van der Waals surface area contributed by atoms with Gasteiger partial charge in [-0.15, -0.1) is 10.2 Å². The van der Waals surface area contributed by atoms with Crippen LogP contribution in [0, 0.1) is 11.3 Å².